The Labute approximate surface area is 108 Å². The molecule has 0 amide bonds. The van der Waals surface area contributed by atoms with Gasteiger partial charge in [-0.05, 0) is 30.5 Å². The number of rotatable bonds is 4. The molecule has 1 unspecified atom stereocenters. The summed E-state index contributed by atoms with van der Waals surface area (Å²) in [4.78, 5) is 16.0. The molecule has 0 aromatic carbocycles. The van der Waals surface area contributed by atoms with Gasteiger partial charge in [-0.25, -0.2) is 9.78 Å². The third kappa shape index (κ3) is 2.60. The van der Waals surface area contributed by atoms with Gasteiger partial charge in [0.25, 0.3) is 0 Å². The topological polar surface area (TPSA) is 88.2 Å². The smallest absolute Gasteiger partial charge is 0.354 e. The summed E-state index contributed by atoms with van der Waals surface area (Å²) in [5.41, 5.74) is 6.19. The summed E-state index contributed by atoms with van der Waals surface area (Å²) >= 11 is 1.62. The van der Waals surface area contributed by atoms with Crippen LogP contribution in [-0.2, 0) is 0 Å². The fraction of sp³-hybridized carbons (Fsp3) is 0.167. The van der Waals surface area contributed by atoms with Crippen molar-refractivity contribution in [2.24, 2.45) is 0 Å². The minimum absolute atomic E-state index is 0.0231. The second kappa shape index (κ2) is 5.05. The van der Waals surface area contributed by atoms with E-state index >= 15 is 0 Å². The molecule has 2 rings (SSSR count). The van der Waals surface area contributed by atoms with Crippen molar-refractivity contribution in [3.8, 4) is 0 Å². The third-order valence-electron chi connectivity index (χ3n) is 2.47. The highest BCUT2D eigenvalue weighted by Crippen LogP contribution is 2.25. The predicted molar refractivity (Wildman–Crippen MR) is 72.0 cm³/mol. The Hall–Kier alpha value is -2.08. The molecule has 0 saturated heterocycles. The van der Waals surface area contributed by atoms with Gasteiger partial charge in [0.15, 0.2) is 11.5 Å². The number of carboxylic acid groups (broad SMARTS) is 1. The lowest BCUT2D eigenvalue weighted by molar-refractivity contribution is 0.0690. The number of aromatic nitrogens is 1. The number of nitrogens with two attached hydrogens (primary N) is 1. The Kier molecular flexibility index (Phi) is 3.47. The molecule has 18 heavy (non-hydrogen) atoms. The molecular formula is C12H13N3O2S. The van der Waals surface area contributed by atoms with E-state index in [-0.39, 0.29) is 11.7 Å². The van der Waals surface area contributed by atoms with E-state index in [0.717, 1.165) is 4.88 Å². The van der Waals surface area contributed by atoms with Gasteiger partial charge in [0, 0.05) is 4.88 Å². The Morgan fingerprint density at radius 2 is 2.28 bits per heavy atom. The largest absolute Gasteiger partial charge is 0.477 e. The molecule has 0 saturated carbocycles. The van der Waals surface area contributed by atoms with E-state index in [1.54, 1.807) is 17.4 Å². The van der Waals surface area contributed by atoms with E-state index in [1.165, 1.54) is 6.07 Å². The molecule has 0 spiro atoms. The molecule has 6 heteroatoms. The number of nitrogens with zero attached hydrogens (tertiary/aromatic N) is 1. The molecule has 2 aromatic heterocycles. The molecule has 2 heterocycles. The zero-order valence-corrected chi connectivity index (χ0v) is 10.6. The lowest BCUT2D eigenvalue weighted by atomic mass is 10.2. The van der Waals surface area contributed by atoms with Crippen LogP contribution in [-0.4, -0.2) is 16.1 Å². The SMILES string of the molecule is CC(Nc1nc(C(=O)O)ccc1N)c1cccs1. The van der Waals surface area contributed by atoms with Gasteiger partial charge in [-0.1, -0.05) is 6.07 Å². The van der Waals surface area contributed by atoms with Crippen LogP contribution in [0.4, 0.5) is 11.5 Å². The second-order valence-corrected chi connectivity index (χ2v) is 4.80. The number of nitrogens with one attached hydrogen (secondary N) is 1. The third-order valence-corrected chi connectivity index (χ3v) is 3.52. The Balaban J connectivity index is 2.23. The van der Waals surface area contributed by atoms with Gasteiger partial charge in [0.05, 0.1) is 11.7 Å². The number of carbonyl (C=O) groups is 1. The van der Waals surface area contributed by atoms with Crippen molar-refractivity contribution in [3.63, 3.8) is 0 Å². The van der Waals surface area contributed by atoms with E-state index in [1.807, 2.05) is 24.4 Å². The average Bonchev–Trinajstić information content (AvgIpc) is 2.85. The van der Waals surface area contributed by atoms with Crippen LogP contribution in [0.15, 0.2) is 29.6 Å². The lowest BCUT2D eigenvalue weighted by Crippen LogP contribution is -2.11. The molecule has 0 aliphatic rings. The molecule has 4 N–H and O–H groups in total. The van der Waals surface area contributed by atoms with Gasteiger partial charge < -0.3 is 16.2 Å². The van der Waals surface area contributed by atoms with Crippen molar-refractivity contribution in [2.45, 2.75) is 13.0 Å². The molecule has 2 aromatic rings. The zero-order valence-electron chi connectivity index (χ0n) is 9.75. The van der Waals surface area contributed by atoms with E-state index < -0.39 is 5.97 Å². The Bertz CT molecular complexity index is 554. The Morgan fingerprint density at radius 1 is 1.50 bits per heavy atom. The maximum atomic E-state index is 10.8. The highest BCUT2D eigenvalue weighted by molar-refractivity contribution is 7.10. The number of pyridine rings is 1. The van der Waals surface area contributed by atoms with Crippen molar-refractivity contribution in [3.05, 3.63) is 40.2 Å². The van der Waals surface area contributed by atoms with Gasteiger partial charge in [-0.15, -0.1) is 11.3 Å². The van der Waals surface area contributed by atoms with Crippen LogP contribution in [0.2, 0.25) is 0 Å². The first-order valence-electron chi connectivity index (χ1n) is 5.37. The van der Waals surface area contributed by atoms with Crippen LogP contribution in [0.25, 0.3) is 0 Å². The van der Waals surface area contributed by atoms with Crippen LogP contribution in [0.3, 0.4) is 0 Å². The number of nitrogen functional groups attached to an aromatic ring is 1. The summed E-state index contributed by atoms with van der Waals surface area (Å²) in [5.74, 6) is -0.669. The maximum absolute atomic E-state index is 10.8. The number of thiophene rings is 1. The highest BCUT2D eigenvalue weighted by atomic mass is 32.1. The summed E-state index contributed by atoms with van der Waals surface area (Å²) in [7, 11) is 0. The molecule has 0 fully saturated rings. The zero-order chi connectivity index (χ0) is 13.1. The van der Waals surface area contributed by atoms with Crippen molar-refractivity contribution < 1.29 is 9.90 Å². The van der Waals surface area contributed by atoms with Crippen LogP contribution >= 0.6 is 11.3 Å². The van der Waals surface area contributed by atoms with Crippen LogP contribution < -0.4 is 11.1 Å². The van der Waals surface area contributed by atoms with E-state index in [4.69, 9.17) is 10.8 Å². The molecule has 94 valence electrons. The maximum Gasteiger partial charge on any atom is 0.354 e. The summed E-state index contributed by atoms with van der Waals surface area (Å²) in [6.45, 7) is 1.97. The van der Waals surface area contributed by atoms with Crippen LogP contribution in [0, 0.1) is 0 Å². The predicted octanol–water partition coefficient (Wildman–Crippen LogP) is 2.60. The second-order valence-electron chi connectivity index (χ2n) is 3.82. The fourth-order valence-corrected chi connectivity index (χ4v) is 2.25. The quantitative estimate of drug-likeness (QED) is 0.789. The van der Waals surface area contributed by atoms with E-state index in [9.17, 15) is 4.79 Å². The first-order valence-corrected chi connectivity index (χ1v) is 6.25. The van der Waals surface area contributed by atoms with Gasteiger partial charge >= 0.3 is 5.97 Å². The molecule has 0 bridgehead atoms. The number of hydrogen-bond donors (Lipinski definition) is 3. The molecule has 0 aliphatic carbocycles. The first-order chi connectivity index (χ1) is 8.58. The summed E-state index contributed by atoms with van der Waals surface area (Å²) in [6, 6.07) is 6.92. The molecule has 1 atom stereocenters. The van der Waals surface area contributed by atoms with Crippen molar-refractivity contribution >= 4 is 28.8 Å². The Morgan fingerprint density at radius 3 is 2.89 bits per heavy atom. The number of anilines is 2. The number of hydrogen-bond acceptors (Lipinski definition) is 5. The standard InChI is InChI=1S/C12H13N3O2S/c1-7(10-3-2-6-18-10)14-11-8(13)4-5-9(15-11)12(16)17/h2-7H,13H2,1H3,(H,14,15)(H,16,17). The molecular weight excluding hydrogens is 250 g/mol. The number of carboxylic acids is 1. The van der Waals surface area contributed by atoms with Gasteiger partial charge in [0.1, 0.15) is 0 Å². The lowest BCUT2D eigenvalue weighted by Gasteiger charge is -2.14. The van der Waals surface area contributed by atoms with E-state index in [0.29, 0.717) is 11.5 Å². The normalized spacial score (nSPS) is 12.1. The minimum Gasteiger partial charge on any atom is -0.477 e. The minimum atomic E-state index is -1.07. The summed E-state index contributed by atoms with van der Waals surface area (Å²) < 4.78 is 0. The van der Waals surface area contributed by atoms with Gasteiger partial charge in [-0.3, -0.25) is 0 Å². The summed E-state index contributed by atoms with van der Waals surface area (Å²) in [5, 5.41) is 14.0. The van der Waals surface area contributed by atoms with E-state index in [2.05, 4.69) is 10.3 Å². The summed E-state index contributed by atoms with van der Waals surface area (Å²) in [6.07, 6.45) is 0. The average molecular weight is 263 g/mol. The first kappa shape index (κ1) is 12.4. The van der Waals surface area contributed by atoms with Crippen LogP contribution in [0.5, 0.6) is 0 Å². The van der Waals surface area contributed by atoms with Crippen molar-refractivity contribution in [2.75, 3.05) is 11.1 Å². The highest BCUT2D eigenvalue weighted by Gasteiger charge is 2.12. The van der Waals surface area contributed by atoms with Gasteiger partial charge in [0.2, 0.25) is 0 Å². The molecule has 0 aliphatic heterocycles. The molecule has 0 radical (unpaired) electrons. The van der Waals surface area contributed by atoms with Crippen molar-refractivity contribution in [1.82, 2.24) is 4.98 Å². The number of aromatic carboxylic acids is 1. The van der Waals surface area contributed by atoms with Crippen LogP contribution in [0.1, 0.15) is 28.3 Å². The molecule has 5 nitrogen and oxygen atoms in total. The fourth-order valence-electron chi connectivity index (χ4n) is 1.52. The monoisotopic (exact) mass is 263 g/mol. The van der Waals surface area contributed by atoms with Crippen molar-refractivity contribution in [1.29, 1.82) is 0 Å². The van der Waals surface area contributed by atoms with Gasteiger partial charge in [-0.2, -0.15) is 0 Å².